The third-order valence-corrected chi connectivity index (χ3v) is 3.03. The van der Waals surface area contributed by atoms with Crippen molar-refractivity contribution in [2.24, 2.45) is 0 Å². The van der Waals surface area contributed by atoms with Gasteiger partial charge in [-0.2, -0.15) is 0 Å². The van der Waals surface area contributed by atoms with Gasteiger partial charge in [-0.05, 0) is 32.0 Å². The summed E-state index contributed by atoms with van der Waals surface area (Å²) < 4.78 is 18.4. The average molecular weight is 260 g/mol. The van der Waals surface area contributed by atoms with E-state index in [9.17, 15) is 9.18 Å². The van der Waals surface area contributed by atoms with Crippen LogP contribution in [0.1, 0.15) is 13.8 Å². The molecular weight excluding hydrogens is 245 g/mol. The highest BCUT2D eigenvalue weighted by atomic mass is 35.5. The maximum absolute atomic E-state index is 13.7. The van der Waals surface area contributed by atoms with E-state index in [1.54, 1.807) is 20.9 Å². The minimum absolute atomic E-state index is 0.257. The molecule has 0 spiro atoms. The number of ether oxygens (including phenoxy) is 1. The van der Waals surface area contributed by atoms with Gasteiger partial charge in [0.05, 0.1) is 12.8 Å². The lowest BCUT2D eigenvalue weighted by atomic mass is 10.0. The summed E-state index contributed by atoms with van der Waals surface area (Å²) in [7, 11) is 2.91. The number of benzene rings is 1. The van der Waals surface area contributed by atoms with Crippen LogP contribution in [0.25, 0.3) is 0 Å². The van der Waals surface area contributed by atoms with Crippen LogP contribution in [-0.2, 0) is 9.53 Å². The molecular formula is C12H15ClFNO2. The van der Waals surface area contributed by atoms with Crippen LogP contribution in [0.5, 0.6) is 0 Å². The molecule has 0 bridgehead atoms. The number of esters is 1. The van der Waals surface area contributed by atoms with Crippen molar-refractivity contribution >= 4 is 23.3 Å². The summed E-state index contributed by atoms with van der Waals surface area (Å²) in [4.78, 5) is 13.1. The molecule has 0 radical (unpaired) electrons. The zero-order valence-corrected chi connectivity index (χ0v) is 11.0. The Morgan fingerprint density at radius 1 is 1.47 bits per heavy atom. The minimum atomic E-state index is -0.972. The number of hydrogen-bond acceptors (Lipinski definition) is 3. The third kappa shape index (κ3) is 2.69. The molecule has 0 N–H and O–H groups in total. The van der Waals surface area contributed by atoms with Gasteiger partial charge in [0, 0.05) is 12.1 Å². The number of carbonyl (C=O) groups excluding carboxylic acids is 1. The molecule has 1 aromatic rings. The lowest BCUT2D eigenvalue weighted by Gasteiger charge is -2.34. The normalized spacial score (nSPS) is 11.2. The minimum Gasteiger partial charge on any atom is -0.467 e. The smallest absolute Gasteiger partial charge is 0.331 e. The van der Waals surface area contributed by atoms with Crippen LogP contribution in [-0.4, -0.2) is 25.7 Å². The molecule has 1 rings (SSSR count). The zero-order valence-electron chi connectivity index (χ0n) is 10.3. The number of halogens is 2. The van der Waals surface area contributed by atoms with Crippen molar-refractivity contribution in [1.29, 1.82) is 0 Å². The van der Waals surface area contributed by atoms with Gasteiger partial charge in [0.1, 0.15) is 11.4 Å². The largest absolute Gasteiger partial charge is 0.467 e. The Labute approximate surface area is 105 Å². The van der Waals surface area contributed by atoms with Crippen molar-refractivity contribution in [3.8, 4) is 0 Å². The molecule has 94 valence electrons. The monoisotopic (exact) mass is 259 g/mol. The molecule has 3 nitrogen and oxygen atoms in total. The molecule has 0 amide bonds. The Balaban J connectivity index is 3.15. The van der Waals surface area contributed by atoms with Gasteiger partial charge in [0.25, 0.3) is 0 Å². The first kappa shape index (κ1) is 13.8. The Morgan fingerprint density at radius 2 is 2.06 bits per heavy atom. The van der Waals surface area contributed by atoms with Crippen LogP contribution >= 0.6 is 11.6 Å². The Morgan fingerprint density at radius 3 is 2.59 bits per heavy atom. The summed E-state index contributed by atoms with van der Waals surface area (Å²) in [5.74, 6) is -0.881. The lowest BCUT2D eigenvalue weighted by Crippen LogP contribution is -2.49. The van der Waals surface area contributed by atoms with Gasteiger partial charge in [-0.3, -0.25) is 0 Å². The highest BCUT2D eigenvalue weighted by Crippen LogP contribution is 2.28. The highest BCUT2D eigenvalue weighted by Gasteiger charge is 2.34. The van der Waals surface area contributed by atoms with E-state index >= 15 is 0 Å². The number of rotatable bonds is 3. The molecule has 0 aromatic heterocycles. The van der Waals surface area contributed by atoms with Gasteiger partial charge in [-0.25, -0.2) is 9.18 Å². The number of likely N-dealkylation sites (N-methyl/N-ethyl adjacent to an activating group) is 1. The van der Waals surface area contributed by atoms with Gasteiger partial charge in [0.2, 0.25) is 0 Å². The Kier molecular flexibility index (Phi) is 3.98. The maximum Gasteiger partial charge on any atom is 0.331 e. The van der Waals surface area contributed by atoms with Crippen molar-refractivity contribution in [3.05, 3.63) is 29.0 Å². The van der Waals surface area contributed by atoms with Crippen molar-refractivity contribution in [2.45, 2.75) is 19.4 Å². The molecule has 0 unspecified atom stereocenters. The molecule has 1 aromatic carbocycles. The number of carbonyl (C=O) groups is 1. The second-order valence-electron chi connectivity index (χ2n) is 4.21. The second-order valence-corrected chi connectivity index (χ2v) is 4.64. The predicted molar refractivity (Wildman–Crippen MR) is 65.9 cm³/mol. The summed E-state index contributed by atoms with van der Waals surface area (Å²) in [6.07, 6.45) is 0. The van der Waals surface area contributed by atoms with Crippen molar-refractivity contribution in [2.75, 3.05) is 19.1 Å². The Hall–Kier alpha value is -1.29. The van der Waals surface area contributed by atoms with E-state index < -0.39 is 17.3 Å². The standard InChI is InChI=1S/C12H15ClFNO2/c1-12(2,11(16)17-4)15(3)10-7-8(13)5-6-9(10)14/h5-7H,1-4H3. The van der Waals surface area contributed by atoms with Gasteiger partial charge < -0.3 is 9.64 Å². The maximum atomic E-state index is 13.7. The SMILES string of the molecule is COC(=O)C(C)(C)N(C)c1cc(Cl)ccc1F. The molecule has 0 aliphatic carbocycles. The van der Waals surface area contributed by atoms with Gasteiger partial charge in [0.15, 0.2) is 0 Å². The quantitative estimate of drug-likeness (QED) is 0.782. The summed E-state index contributed by atoms with van der Waals surface area (Å²) in [6, 6.07) is 4.20. The van der Waals surface area contributed by atoms with E-state index in [1.165, 1.54) is 30.2 Å². The van der Waals surface area contributed by atoms with Crippen molar-refractivity contribution < 1.29 is 13.9 Å². The summed E-state index contributed by atoms with van der Waals surface area (Å²) in [5, 5.41) is 0.411. The fourth-order valence-electron chi connectivity index (χ4n) is 1.43. The molecule has 0 saturated heterocycles. The average Bonchev–Trinajstić information content (AvgIpc) is 2.30. The molecule has 0 heterocycles. The zero-order chi connectivity index (χ0) is 13.2. The second kappa shape index (κ2) is 4.92. The molecule has 0 aliphatic heterocycles. The molecule has 0 atom stereocenters. The molecule has 0 saturated carbocycles. The van der Waals surface area contributed by atoms with Crippen LogP contribution in [0.15, 0.2) is 18.2 Å². The Bertz CT molecular complexity index is 435. The molecule has 17 heavy (non-hydrogen) atoms. The molecule has 0 aliphatic rings. The summed E-state index contributed by atoms with van der Waals surface area (Å²) >= 11 is 5.81. The lowest BCUT2D eigenvalue weighted by molar-refractivity contribution is -0.145. The van der Waals surface area contributed by atoms with Crippen LogP contribution in [0.3, 0.4) is 0 Å². The summed E-state index contributed by atoms with van der Waals surface area (Å²) in [5.41, 5.74) is -0.715. The topological polar surface area (TPSA) is 29.5 Å². The van der Waals surface area contributed by atoms with Gasteiger partial charge >= 0.3 is 5.97 Å². The first-order chi connectivity index (χ1) is 7.80. The van der Waals surface area contributed by atoms with E-state index in [-0.39, 0.29) is 5.69 Å². The van der Waals surface area contributed by atoms with Gasteiger partial charge in [-0.15, -0.1) is 0 Å². The predicted octanol–water partition coefficient (Wildman–Crippen LogP) is 2.87. The first-order valence-corrected chi connectivity index (χ1v) is 5.45. The van der Waals surface area contributed by atoms with Crippen LogP contribution in [0.4, 0.5) is 10.1 Å². The summed E-state index contributed by atoms with van der Waals surface area (Å²) in [6.45, 7) is 3.30. The van der Waals surface area contributed by atoms with Crippen LogP contribution < -0.4 is 4.90 Å². The van der Waals surface area contributed by atoms with Crippen LogP contribution in [0, 0.1) is 5.82 Å². The van der Waals surface area contributed by atoms with Crippen molar-refractivity contribution in [3.63, 3.8) is 0 Å². The fourth-order valence-corrected chi connectivity index (χ4v) is 1.60. The fraction of sp³-hybridized carbons (Fsp3) is 0.417. The number of hydrogen-bond donors (Lipinski definition) is 0. The van der Waals surface area contributed by atoms with E-state index in [0.29, 0.717) is 5.02 Å². The highest BCUT2D eigenvalue weighted by molar-refractivity contribution is 6.30. The van der Waals surface area contributed by atoms with E-state index in [4.69, 9.17) is 16.3 Å². The molecule has 5 heteroatoms. The van der Waals surface area contributed by atoms with Gasteiger partial charge in [-0.1, -0.05) is 11.6 Å². The van der Waals surface area contributed by atoms with E-state index in [0.717, 1.165) is 0 Å². The number of methoxy groups -OCH3 is 1. The number of nitrogens with zero attached hydrogens (tertiary/aromatic N) is 1. The van der Waals surface area contributed by atoms with E-state index in [1.807, 2.05) is 0 Å². The van der Waals surface area contributed by atoms with Crippen LogP contribution in [0.2, 0.25) is 5.02 Å². The first-order valence-electron chi connectivity index (χ1n) is 5.08. The third-order valence-electron chi connectivity index (χ3n) is 2.79. The number of anilines is 1. The van der Waals surface area contributed by atoms with E-state index in [2.05, 4.69) is 0 Å². The molecule has 0 fully saturated rings. The van der Waals surface area contributed by atoms with Crippen molar-refractivity contribution in [1.82, 2.24) is 0 Å².